The Balaban J connectivity index is 1.51. The molecule has 1 heterocycles. The maximum absolute atomic E-state index is 13.0. The van der Waals surface area contributed by atoms with Gasteiger partial charge in [0.1, 0.15) is 5.75 Å². The van der Waals surface area contributed by atoms with Gasteiger partial charge in [-0.15, -0.1) is 0 Å². The van der Waals surface area contributed by atoms with Gasteiger partial charge in [-0.1, -0.05) is 35.9 Å². The molecule has 7 heteroatoms. The van der Waals surface area contributed by atoms with Crippen LogP contribution in [-0.4, -0.2) is 44.9 Å². The van der Waals surface area contributed by atoms with Crippen LogP contribution in [0.25, 0.3) is 0 Å². The first-order valence-corrected chi connectivity index (χ1v) is 12.4. The standard InChI is InChI=1S/C24H32N2O4S/c1-3-30-23-11-5-4-8-20(23)9-6-16-25-24(27)21-10-7-17-26(18-21)31(28,29)22-14-12-19(2)13-15-22/h4-5,8,11-15,21H,3,6-7,9-10,16-18H2,1-2H3,(H,25,27)/t21-/m0/s1. The van der Waals surface area contributed by atoms with E-state index in [1.165, 1.54) is 4.31 Å². The van der Waals surface area contributed by atoms with Crippen LogP contribution in [0.15, 0.2) is 53.4 Å². The summed E-state index contributed by atoms with van der Waals surface area (Å²) in [5, 5.41) is 2.99. The van der Waals surface area contributed by atoms with Crippen molar-refractivity contribution in [2.45, 2.75) is 44.4 Å². The number of amides is 1. The number of benzene rings is 2. The molecule has 1 aliphatic heterocycles. The molecule has 3 rings (SSSR count). The van der Waals surface area contributed by atoms with E-state index in [9.17, 15) is 13.2 Å². The highest BCUT2D eigenvalue weighted by Crippen LogP contribution is 2.24. The lowest BCUT2D eigenvalue weighted by Crippen LogP contribution is -2.45. The van der Waals surface area contributed by atoms with Gasteiger partial charge in [-0.25, -0.2) is 8.42 Å². The second kappa shape index (κ2) is 10.8. The molecule has 0 aliphatic carbocycles. The van der Waals surface area contributed by atoms with E-state index in [4.69, 9.17) is 4.74 Å². The van der Waals surface area contributed by atoms with Gasteiger partial charge in [0.05, 0.1) is 17.4 Å². The molecule has 1 amide bonds. The average molecular weight is 445 g/mol. The molecule has 2 aromatic carbocycles. The number of hydrogen-bond donors (Lipinski definition) is 1. The van der Waals surface area contributed by atoms with Gasteiger partial charge in [-0.3, -0.25) is 4.79 Å². The minimum absolute atomic E-state index is 0.0677. The third-order valence-electron chi connectivity index (χ3n) is 5.61. The van der Waals surface area contributed by atoms with Crippen LogP contribution in [0.5, 0.6) is 5.75 Å². The van der Waals surface area contributed by atoms with Crippen LogP contribution >= 0.6 is 0 Å². The SMILES string of the molecule is CCOc1ccccc1CCCNC(=O)[C@H]1CCCN(S(=O)(=O)c2ccc(C)cc2)C1. The van der Waals surface area contributed by atoms with E-state index in [0.717, 1.165) is 29.7 Å². The topological polar surface area (TPSA) is 75.7 Å². The molecule has 0 saturated carbocycles. The Labute approximate surface area is 185 Å². The van der Waals surface area contributed by atoms with Crippen molar-refractivity contribution in [1.82, 2.24) is 9.62 Å². The van der Waals surface area contributed by atoms with Crippen LogP contribution in [-0.2, 0) is 21.2 Å². The first-order valence-electron chi connectivity index (χ1n) is 11.0. The summed E-state index contributed by atoms with van der Waals surface area (Å²) in [6.45, 7) is 5.75. The van der Waals surface area contributed by atoms with Gasteiger partial charge in [0.15, 0.2) is 0 Å². The van der Waals surface area contributed by atoms with Crippen molar-refractivity contribution in [3.63, 3.8) is 0 Å². The number of para-hydroxylation sites is 1. The molecule has 0 bridgehead atoms. The molecule has 1 N–H and O–H groups in total. The number of piperidine rings is 1. The number of hydrogen-bond acceptors (Lipinski definition) is 4. The zero-order valence-electron chi connectivity index (χ0n) is 18.3. The van der Waals surface area contributed by atoms with Gasteiger partial charge in [-0.05, 0) is 63.3 Å². The fourth-order valence-electron chi connectivity index (χ4n) is 3.88. The number of sulfonamides is 1. The van der Waals surface area contributed by atoms with Crippen LogP contribution in [0.4, 0.5) is 0 Å². The van der Waals surface area contributed by atoms with E-state index in [1.54, 1.807) is 24.3 Å². The molecule has 0 radical (unpaired) electrons. The lowest BCUT2D eigenvalue weighted by Gasteiger charge is -2.31. The Hall–Kier alpha value is -2.38. The monoisotopic (exact) mass is 444 g/mol. The van der Waals surface area contributed by atoms with E-state index in [-0.39, 0.29) is 23.3 Å². The molecular weight excluding hydrogens is 412 g/mol. The largest absolute Gasteiger partial charge is 0.494 e. The summed E-state index contributed by atoms with van der Waals surface area (Å²) in [4.78, 5) is 13.0. The Bertz CT molecular complexity index is 973. The number of nitrogens with one attached hydrogen (secondary N) is 1. The number of carbonyl (C=O) groups excluding carboxylic acids is 1. The molecular formula is C24H32N2O4S. The number of carbonyl (C=O) groups is 1. The average Bonchev–Trinajstić information content (AvgIpc) is 2.78. The third kappa shape index (κ3) is 6.08. The van der Waals surface area contributed by atoms with E-state index < -0.39 is 10.0 Å². The molecule has 6 nitrogen and oxygen atoms in total. The summed E-state index contributed by atoms with van der Waals surface area (Å²) in [5.41, 5.74) is 2.14. The quantitative estimate of drug-likeness (QED) is 0.600. The summed E-state index contributed by atoms with van der Waals surface area (Å²) in [7, 11) is -3.58. The molecule has 168 valence electrons. The molecule has 1 saturated heterocycles. The van der Waals surface area contributed by atoms with Crippen LogP contribution in [0.1, 0.15) is 37.3 Å². The van der Waals surface area contributed by atoms with Crippen LogP contribution in [0.3, 0.4) is 0 Å². The zero-order valence-corrected chi connectivity index (χ0v) is 19.2. The predicted molar refractivity (Wildman–Crippen MR) is 122 cm³/mol. The van der Waals surface area contributed by atoms with Gasteiger partial charge < -0.3 is 10.1 Å². The molecule has 0 unspecified atom stereocenters. The molecule has 31 heavy (non-hydrogen) atoms. The van der Waals surface area contributed by atoms with Crippen molar-refractivity contribution in [3.05, 3.63) is 59.7 Å². The van der Waals surface area contributed by atoms with Gasteiger partial charge >= 0.3 is 0 Å². The molecule has 2 aromatic rings. The van der Waals surface area contributed by atoms with Crippen LogP contribution < -0.4 is 10.1 Å². The van der Waals surface area contributed by atoms with Crippen molar-refractivity contribution in [2.75, 3.05) is 26.2 Å². The number of nitrogens with zero attached hydrogens (tertiary/aromatic N) is 1. The Morgan fingerprint density at radius 2 is 1.90 bits per heavy atom. The van der Waals surface area contributed by atoms with Crippen molar-refractivity contribution in [2.24, 2.45) is 5.92 Å². The van der Waals surface area contributed by atoms with Gasteiger partial charge in [0, 0.05) is 19.6 Å². The fraction of sp³-hybridized carbons (Fsp3) is 0.458. The summed E-state index contributed by atoms with van der Waals surface area (Å²) < 4.78 is 33.0. The zero-order chi connectivity index (χ0) is 22.3. The second-order valence-corrected chi connectivity index (χ2v) is 9.89. The molecule has 1 aliphatic rings. The van der Waals surface area contributed by atoms with Gasteiger partial charge in [0.25, 0.3) is 0 Å². The maximum Gasteiger partial charge on any atom is 0.243 e. The lowest BCUT2D eigenvalue weighted by atomic mass is 9.99. The first kappa shape index (κ1) is 23.3. The van der Waals surface area contributed by atoms with Crippen molar-refractivity contribution in [1.29, 1.82) is 0 Å². The first-order chi connectivity index (χ1) is 14.9. The van der Waals surface area contributed by atoms with Crippen LogP contribution in [0.2, 0.25) is 0 Å². The van der Waals surface area contributed by atoms with E-state index in [1.807, 2.05) is 38.1 Å². The summed E-state index contributed by atoms with van der Waals surface area (Å²) in [6, 6.07) is 14.8. The Kier molecular flexibility index (Phi) is 8.09. The molecule has 0 spiro atoms. The summed E-state index contributed by atoms with van der Waals surface area (Å²) in [6.07, 6.45) is 3.01. The normalized spacial score (nSPS) is 17.3. The van der Waals surface area contributed by atoms with Gasteiger partial charge in [-0.2, -0.15) is 4.31 Å². The molecule has 1 fully saturated rings. The Morgan fingerprint density at radius 3 is 2.65 bits per heavy atom. The van der Waals surface area contributed by atoms with Crippen molar-refractivity contribution in [3.8, 4) is 5.75 Å². The summed E-state index contributed by atoms with van der Waals surface area (Å²) in [5.74, 6) is 0.507. The van der Waals surface area contributed by atoms with Crippen molar-refractivity contribution >= 4 is 15.9 Å². The number of aryl methyl sites for hydroxylation is 2. The highest BCUT2D eigenvalue weighted by atomic mass is 32.2. The summed E-state index contributed by atoms with van der Waals surface area (Å²) >= 11 is 0. The maximum atomic E-state index is 13.0. The second-order valence-electron chi connectivity index (χ2n) is 7.95. The van der Waals surface area contributed by atoms with E-state index in [0.29, 0.717) is 32.5 Å². The number of rotatable bonds is 9. The lowest BCUT2D eigenvalue weighted by molar-refractivity contribution is -0.126. The molecule has 0 aromatic heterocycles. The highest BCUT2D eigenvalue weighted by Gasteiger charge is 2.33. The minimum atomic E-state index is -3.58. The van der Waals surface area contributed by atoms with Crippen molar-refractivity contribution < 1.29 is 17.9 Å². The Morgan fingerprint density at radius 1 is 1.16 bits per heavy atom. The minimum Gasteiger partial charge on any atom is -0.494 e. The van der Waals surface area contributed by atoms with E-state index in [2.05, 4.69) is 5.32 Å². The predicted octanol–water partition coefficient (Wildman–Crippen LogP) is 3.54. The smallest absolute Gasteiger partial charge is 0.243 e. The molecule has 1 atom stereocenters. The fourth-order valence-corrected chi connectivity index (χ4v) is 5.40. The highest BCUT2D eigenvalue weighted by molar-refractivity contribution is 7.89. The number of ether oxygens (including phenoxy) is 1. The van der Waals surface area contributed by atoms with Gasteiger partial charge in [0.2, 0.25) is 15.9 Å². The van der Waals surface area contributed by atoms with E-state index >= 15 is 0 Å². The van der Waals surface area contributed by atoms with Crippen LogP contribution in [0, 0.1) is 12.8 Å². The third-order valence-corrected chi connectivity index (χ3v) is 7.49.